The van der Waals surface area contributed by atoms with E-state index >= 15 is 0 Å². The number of anilines is 1. The van der Waals surface area contributed by atoms with Gasteiger partial charge in [-0.05, 0) is 12.1 Å². The Bertz CT molecular complexity index is 608. The molecule has 1 aliphatic heterocycles. The molecule has 2 rings (SSSR count). The lowest BCUT2D eigenvalue weighted by atomic mass is 10.2. The van der Waals surface area contributed by atoms with Crippen LogP contribution in [0, 0.1) is 0 Å². The molecule has 0 aliphatic carbocycles. The zero-order chi connectivity index (χ0) is 16.5. The van der Waals surface area contributed by atoms with Gasteiger partial charge in [0.05, 0.1) is 5.56 Å². The summed E-state index contributed by atoms with van der Waals surface area (Å²) in [4.78, 5) is 5.58. The lowest BCUT2D eigenvalue weighted by Crippen LogP contribution is -2.51. The van der Waals surface area contributed by atoms with Gasteiger partial charge >= 0.3 is 6.18 Å². The van der Waals surface area contributed by atoms with Crippen LogP contribution in [0.15, 0.2) is 18.3 Å². The van der Waals surface area contributed by atoms with Gasteiger partial charge in [-0.3, -0.25) is 0 Å². The van der Waals surface area contributed by atoms with E-state index in [1.807, 2.05) is 0 Å². The number of piperazine rings is 1. The Hall–Kier alpha value is -1.39. The van der Waals surface area contributed by atoms with Gasteiger partial charge in [0.25, 0.3) is 10.2 Å². The van der Waals surface area contributed by atoms with Crippen molar-refractivity contribution < 1.29 is 21.6 Å². The van der Waals surface area contributed by atoms with E-state index in [9.17, 15) is 21.6 Å². The Labute approximate surface area is 127 Å². The quantitative estimate of drug-likeness (QED) is 0.826. The third-order valence-corrected chi connectivity index (χ3v) is 5.37. The molecule has 1 aromatic rings. The van der Waals surface area contributed by atoms with Crippen molar-refractivity contribution in [3.8, 4) is 0 Å². The van der Waals surface area contributed by atoms with Crippen LogP contribution in [-0.4, -0.2) is 62.3 Å². The maximum atomic E-state index is 12.5. The molecule has 1 fully saturated rings. The highest BCUT2D eigenvalue weighted by Gasteiger charge is 2.32. The zero-order valence-corrected chi connectivity index (χ0v) is 13.0. The van der Waals surface area contributed by atoms with E-state index in [0.29, 0.717) is 18.9 Å². The molecule has 10 heteroatoms. The Balaban J connectivity index is 2.03. The summed E-state index contributed by atoms with van der Waals surface area (Å²) in [6.45, 7) is 1.29. The van der Waals surface area contributed by atoms with Crippen molar-refractivity contribution in [2.24, 2.45) is 0 Å². The minimum Gasteiger partial charge on any atom is -0.354 e. The molecule has 22 heavy (non-hydrogen) atoms. The summed E-state index contributed by atoms with van der Waals surface area (Å²) in [7, 11) is -0.546. The lowest BCUT2D eigenvalue weighted by molar-refractivity contribution is -0.137. The minimum absolute atomic E-state index is 0.267. The smallest absolute Gasteiger partial charge is 0.354 e. The number of hydrogen-bond acceptors (Lipinski definition) is 4. The van der Waals surface area contributed by atoms with Crippen LogP contribution >= 0.6 is 0 Å². The Morgan fingerprint density at radius 2 is 1.73 bits per heavy atom. The van der Waals surface area contributed by atoms with Gasteiger partial charge in [0, 0.05) is 46.5 Å². The van der Waals surface area contributed by atoms with Gasteiger partial charge < -0.3 is 4.90 Å². The molecule has 0 bridgehead atoms. The summed E-state index contributed by atoms with van der Waals surface area (Å²) in [6, 6.07) is 2.28. The van der Waals surface area contributed by atoms with Crippen LogP contribution < -0.4 is 4.90 Å². The molecule has 0 atom stereocenters. The SMILES string of the molecule is CN(C)S(=O)(=O)N1CCN(c2ccc(C(F)(F)F)cn2)CC1. The third-order valence-electron chi connectivity index (χ3n) is 3.43. The molecule has 1 aliphatic rings. The second-order valence-electron chi connectivity index (χ2n) is 5.08. The van der Waals surface area contributed by atoms with Gasteiger partial charge in [0.15, 0.2) is 0 Å². The highest BCUT2D eigenvalue weighted by Crippen LogP contribution is 2.29. The number of halogens is 3. The molecule has 2 heterocycles. The van der Waals surface area contributed by atoms with Crippen LogP contribution in [0.3, 0.4) is 0 Å². The van der Waals surface area contributed by atoms with Gasteiger partial charge in [-0.25, -0.2) is 4.98 Å². The number of pyridine rings is 1. The Morgan fingerprint density at radius 1 is 1.14 bits per heavy atom. The largest absolute Gasteiger partial charge is 0.417 e. The van der Waals surface area contributed by atoms with Crippen molar-refractivity contribution >= 4 is 16.0 Å². The highest BCUT2D eigenvalue weighted by molar-refractivity contribution is 7.86. The fraction of sp³-hybridized carbons (Fsp3) is 0.583. The van der Waals surface area contributed by atoms with E-state index in [2.05, 4.69) is 4.98 Å². The molecule has 1 aromatic heterocycles. The maximum Gasteiger partial charge on any atom is 0.417 e. The summed E-state index contributed by atoms with van der Waals surface area (Å²) in [5.41, 5.74) is -0.801. The third kappa shape index (κ3) is 3.50. The van der Waals surface area contributed by atoms with Crippen molar-refractivity contribution in [3.05, 3.63) is 23.9 Å². The number of aromatic nitrogens is 1. The van der Waals surface area contributed by atoms with Crippen molar-refractivity contribution in [3.63, 3.8) is 0 Å². The molecule has 0 unspecified atom stereocenters. The van der Waals surface area contributed by atoms with Crippen molar-refractivity contribution in [2.75, 3.05) is 45.2 Å². The molecule has 0 radical (unpaired) electrons. The number of nitrogens with zero attached hydrogens (tertiary/aromatic N) is 4. The van der Waals surface area contributed by atoms with Crippen molar-refractivity contribution in [1.29, 1.82) is 0 Å². The fourth-order valence-corrected chi connectivity index (χ4v) is 3.21. The van der Waals surface area contributed by atoms with E-state index in [0.717, 1.165) is 16.6 Å². The summed E-state index contributed by atoms with van der Waals surface area (Å²) in [5.74, 6) is 0.412. The predicted molar refractivity (Wildman–Crippen MR) is 75.6 cm³/mol. The summed E-state index contributed by atoms with van der Waals surface area (Å²) in [6.07, 6.45) is -3.62. The maximum absolute atomic E-state index is 12.5. The van der Waals surface area contributed by atoms with E-state index in [4.69, 9.17) is 0 Å². The second-order valence-corrected chi connectivity index (χ2v) is 7.22. The van der Waals surface area contributed by atoms with Gasteiger partial charge in [0.2, 0.25) is 0 Å². The van der Waals surface area contributed by atoms with Crippen LogP contribution in [0.5, 0.6) is 0 Å². The van der Waals surface area contributed by atoms with E-state index in [1.54, 1.807) is 4.90 Å². The van der Waals surface area contributed by atoms with Gasteiger partial charge in [-0.15, -0.1) is 0 Å². The minimum atomic E-state index is -4.41. The predicted octanol–water partition coefficient (Wildman–Crippen LogP) is 1.03. The standard InChI is InChI=1S/C12H17F3N4O2S/c1-17(2)22(20,21)19-7-5-18(6-8-19)11-4-3-10(9-16-11)12(13,14)15/h3-4,9H,5-8H2,1-2H3. The fourth-order valence-electron chi connectivity index (χ4n) is 2.12. The zero-order valence-electron chi connectivity index (χ0n) is 12.2. The lowest BCUT2D eigenvalue weighted by Gasteiger charge is -2.35. The molecule has 0 spiro atoms. The molecule has 124 valence electrons. The van der Waals surface area contributed by atoms with Gasteiger partial charge in [0.1, 0.15) is 5.82 Å². The Kier molecular flexibility index (Phi) is 4.64. The van der Waals surface area contributed by atoms with E-state index < -0.39 is 21.9 Å². The first-order valence-corrected chi connectivity index (χ1v) is 7.98. The normalized spacial score (nSPS) is 18.0. The second kappa shape index (κ2) is 6.01. The molecule has 6 nitrogen and oxygen atoms in total. The van der Waals surface area contributed by atoms with Crippen LogP contribution in [-0.2, 0) is 16.4 Å². The van der Waals surface area contributed by atoms with Crippen LogP contribution in [0.2, 0.25) is 0 Å². The monoisotopic (exact) mass is 338 g/mol. The van der Waals surface area contributed by atoms with Gasteiger partial charge in [-0.2, -0.15) is 30.2 Å². The van der Waals surface area contributed by atoms with Crippen molar-refractivity contribution in [2.45, 2.75) is 6.18 Å². The molecule has 1 saturated heterocycles. The summed E-state index contributed by atoms with van der Waals surface area (Å²) >= 11 is 0. The average Bonchev–Trinajstić information content (AvgIpc) is 2.46. The van der Waals surface area contributed by atoms with Crippen LogP contribution in [0.1, 0.15) is 5.56 Å². The van der Waals surface area contributed by atoms with E-state index in [-0.39, 0.29) is 13.1 Å². The molecular formula is C12H17F3N4O2S. The Morgan fingerprint density at radius 3 is 2.14 bits per heavy atom. The summed E-state index contributed by atoms with van der Waals surface area (Å²) < 4.78 is 63.9. The average molecular weight is 338 g/mol. The van der Waals surface area contributed by atoms with Crippen molar-refractivity contribution in [1.82, 2.24) is 13.6 Å². The molecule has 0 N–H and O–H groups in total. The topological polar surface area (TPSA) is 56.8 Å². The van der Waals surface area contributed by atoms with E-state index in [1.165, 1.54) is 24.5 Å². The molecule has 0 saturated carbocycles. The number of alkyl halides is 3. The molecule has 0 amide bonds. The van der Waals surface area contributed by atoms with Gasteiger partial charge in [-0.1, -0.05) is 0 Å². The molecular weight excluding hydrogens is 321 g/mol. The number of rotatable bonds is 3. The highest BCUT2D eigenvalue weighted by atomic mass is 32.2. The first-order valence-electron chi connectivity index (χ1n) is 6.58. The number of hydrogen-bond donors (Lipinski definition) is 0. The van der Waals surface area contributed by atoms with Crippen LogP contribution in [0.25, 0.3) is 0 Å². The molecule has 0 aromatic carbocycles. The first kappa shape index (κ1) is 17.0. The van der Waals surface area contributed by atoms with Crippen LogP contribution in [0.4, 0.5) is 19.0 Å². The summed E-state index contributed by atoms with van der Waals surface area (Å²) in [5, 5.41) is 0. The first-order chi connectivity index (χ1) is 10.1.